The molecule has 0 radical (unpaired) electrons. The summed E-state index contributed by atoms with van der Waals surface area (Å²) in [5.41, 5.74) is 2.72. The molecule has 0 fully saturated rings. The Morgan fingerprint density at radius 1 is 1.33 bits per heavy atom. The molecule has 0 bridgehead atoms. The smallest absolute Gasteiger partial charge is 0.213 e. The summed E-state index contributed by atoms with van der Waals surface area (Å²) >= 11 is 3.32. The van der Waals surface area contributed by atoms with Crippen LogP contribution in [0.2, 0.25) is 0 Å². The number of hydrogen-bond acceptors (Lipinski definition) is 2. The zero-order valence-electron chi connectivity index (χ0n) is 7.82. The Morgan fingerprint density at radius 2 is 2.20 bits per heavy atom. The standard InChI is InChI=1S/C11H8BrFN2/c12-5-9-4-11(13)15-7-10(9)8-2-1-3-14-6-8/h1-4,6-7H,5H2. The number of halogens is 2. The highest BCUT2D eigenvalue weighted by molar-refractivity contribution is 9.08. The highest BCUT2D eigenvalue weighted by Gasteiger charge is 2.06. The Hall–Kier alpha value is -1.29. The van der Waals surface area contributed by atoms with Crippen LogP contribution in [0, 0.1) is 5.95 Å². The van der Waals surface area contributed by atoms with Crippen LogP contribution in [-0.4, -0.2) is 9.97 Å². The summed E-state index contributed by atoms with van der Waals surface area (Å²) in [6.45, 7) is 0. The van der Waals surface area contributed by atoms with Gasteiger partial charge in [-0.05, 0) is 17.7 Å². The molecule has 2 aromatic heterocycles. The zero-order chi connectivity index (χ0) is 10.7. The highest BCUT2D eigenvalue weighted by atomic mass is 79.9. The summed E-state index contributed by atoms with van der Waals surface area (Å²) in [7, 11) is 0. The average Bonchev–Trinajstić information content (AvgIpc) is 2.30. The second-order valence-electron chi connectivity index (χ2n) is 3.04. The maximum absolute atomic E-state index is 12.9. The van der Waals surface area contributed by atoms with Gasteiger partial charge in [0.2, 0.25) is 5.95 Å². The van der Waals surface area contributed by atoms with Gasteiger partial charge < -0.3 is 0 Å². The number of hydrogen-bond donors (Lipinski definition) is 0. The zero-order valence-corrected chi connectivity index (χ0v) is 9.41. The fourth-order valence-corrected chi connectivity index (χ4v) is 1.82. The minimum absolute atomic E-state index is 0.461. The molecule has 2 nitrogen and oxygen atoms in total. The lowest BCUT2D eigenvalue weighted by atomic mass is 10.1. The summed E-state index contributed by atoms with van der Waals surface area (Å²) in [5.74, 6) is -0.461. The minimum Gasteiger partial charge on any atom is -0.264 e. The van der Waals surface area contributed by atoms with Crippen molar-refractivity contribution in [1.29, 1.82) is 0 Å². The normalized spacial score (nSPS) is 10.3. The predicted molar refractivity (Wildman–Crippen MR) is 60.1 cm³/mol. The van der Waals surface area contributed by atoms with Crippen LogP contribution in [-0.2, 0) is 5.33 Å². The molecule has 0 N–H and O–H groups in total. The highest BCUT2D eigenvalue weighted by Crippen LogP contribution is 2.24. The fraction of sp³-hybridized carbons (Fsp3) is 0.0909. The molecule has 15 heavy (non-hydrogen) atoms. The maximum atomic E-state index is 12.9. The van der Waals surface area contributed by atoms with Gasteiger partial charge >= 0.3 is 0 Å². The van der Waals surface area contributed by atoms with Gasteiger partial charge in [0.25, 0.3) is 0 Å². The second kappa shape index (κ2) is 4.49. The first kappa shape index (κ1) is 10.2. The fourth-order valence-electron chi connectivity index (χ4n) is 1.36. The van der Waals surface area contributed by atoms with Gasteiger partial charge in [-0.25, -0.2) is 4.98 Å². The second-order valence-corrected chi connectivity index (χ2v) is 3.60. The average molecular weight is 267 g/mol. The van der Waals surface area contributed by atoms with Gasteiger partial charge in [-0.3, -0.25) is 4.98 Å². The van der Waals surface area contributed by atoms with Crippen LogP contribution in [0.4, 0.5) is 4.39 Å². The first-order chi connectivity index (χ1) is 7.31. The molecule has 0 saturated carbocycles. The summed E-state index contributed by atoms with van der Waals surface area (Å²) in [4.78, 5) is 7.67. The number of alkyl halides is 1. The van der Waals surface area contributed by atoms with Gasteiger partial charge in [0.1, 0.15) is 0 Å². The lowest BCUT2D eigenvalue weighted by Gasteiger charge is -2.05. The van der Waals surface area contributed by atoms with Crippen LogP contribution >= 0.6 is 15.9 Å². The van der Waals surface area contributed by atoms with Crippen LogP contribution in [0.5, 0.6) is 0 Å². The van der Waals surface area contributed by atoms with Gasteiger partial charge in [0.05, 0.1) is 0 Å². The molecule has 2 aromatic rings. The van der Waals surface area contributed by atoms with Gasteiger partial charge in [-0.15, -0.1) is 0 Å². The van der Waals surface area contributed by atoms with Gasteiger partial charge in [0, 0.05) is 35.0 Å². The Morgan fingerprint density at radius 3 is 2.87 bits per heavy atom. The molecule has 0 spiro atoms. The van der Waals surface area contributed by atoms with Crippen molar-refractivity contribution in [3.63, 3.8) is 0 Å². The molecule has 0 saturated heterocycles. The molecule has 0 aliphatic carbocycles. The third kappa shape index (κ3) is 2.21. The molecular formula is C11H8BrFN2. The Bertz CT molecular complexity index is 459. The molecular weight excluding hydrogens is 259 g/mol. The monoisotopic (exact) mass is 266 g/mol. The van der Waals surface area contributed by atoms with E-state index in [1.807, 2.05) is 12.1 Å². The topological polar surface area (TPSA) is 25.8 Å². The van der Waals surface area contributed by atoms with E-state index in [2.05, 4.69) is 25.9 Å². The molecule has 4 heteroatoms. The molecule has 2 rings (SSSR count). The molecule has 2 heterocycles. The summed E-state index contributed by atoms with van der Waals surface area (Å²) < 4.78 is 12.9. The van der Waals surface area contributed by atoms with Crippen LogP contribution < -0.4 is 0 Å². The number of aromatic nitrogens is 2. The van der Waals surface area contributed by atoms with E-state index in [1.165, 1.54) is 12.3 Å². The van der Waals surface area contributed by atoms with Crippen molar-refractivity contribution >= 4 is 15.9 Å². The third-order valence-corrected chi connectivity index (χ3v) is 2.68. The van der Waals surface area contributed by atoms with E-state index in [0.29, 0.717) is 5.33 Å². The molecule has 0 aliphatic rings. The Kier molecular flexibility index (Phi) is 3.06. The lowest BCUT2D eigenvalue weighted by Crippen LogP contribution is -1.91. The predicted octanol–water partition coefficient (Wildman–Crippen LogP) is 3.18. The van der Waals surface area contributed by atoms with Crippen molar-refractivity contribution in [3.05, 3.63) is 48.3 Å². The van der Waals surface area contributed by atoms with Crippen LogP contribution in [0.1, 0.15) is 5.56 Å². The first-order valence-electron chi connectivity index (χ1n) is 4.42. The van der Waals surface area contributed by atoms with E-state index in [9.17, 15) is 4.39 Å². The van der Waals surface area contributed by atoms with Gasteiger partial charge in [0.15, 0.2) is 0 Å². The molecule has 0 aliphatic heterocycles. The number of nitrogens with zero attached hydrogens (tertiary/aromatic N) is 2. The van der Waals surface area contributed by atoms with Crippen molar-refractivity contribution in [2.45, 2.75) is 5.33 Å². The number of pyridine rings is 2. The van der Waals surface area contributed by atoms with Crippen molar-refractivity contribution < 1.29 is 4.39 Å². The lowest BCUT2D eigenvalue weighted by molar-refractivity contribution is 0.583. The summed E-state index contributed by atoms with van der Waals surface area (Å²) in [6, 6.07) is 5.20. The van der Waals surface area contributed by atoms with E-state index in [-0.39, 0.29) is 0 Å². The van der Waals surface area contributed by atoms with Crippen LogP contribution in [0.15, 0.2) is 36.8 Å². The van der Waals surface area contributed by atoms with Crippen molar-refractivity contribution in [1.82, 2.24) is 9.97 Å². The minimum atomic E-state index is -0.461. The van der Waals surface area contributed by atoms with E-state index in [4.69, 9.17) is 0 Å². The molecule has 0 atom stereocenters. The Balaban J connectivity index is 2.53. The van der Waals surface area contributed by atoms with Crippen LogP contribution in [0.3, 0.4) is 0 Å². The van der Waals surface area contributed by atoms with E-state index >= 15 is 0 Å². The Labute approximate surface area is 95.3 Å². The van der Waals surface area contributed by atoms with E-state index in [0.717, 1.165) is 16.7 Å². The van der Waals surface area contributed by atoms with Crippen LogP contribution in [0.25, 0.3) is 11.1 Å². The first-order valence-corrected chi connectivity index (χ1v) is 5.54. The SMILES string of the molecule is Fc1cc(CBr)c(-c2cccnc2)cn1. The van der Waals surface area contributed by atoms with E-state index in [1.54, 1.807) is 12.4 Å². The van der Waals surface area contributed by atoms with Crippen molar-refractivity contribution in [2.24, 2.45) is 0 Å². The van der Waals surface area contributed by atoms with Gasteiger partial charge in [-0.2, -0.15) is 4.39 Å². The van der Waals surface area contributed by atoms with Gasteiger partial charge in [-0.1, -0.05) is 22.0 Å². The molecule has 0 aromatic carbocycles. The largest absolute Gasteiger partial charge is 0.264 e. The summed E-state index contributed by atoms with van der Waals surface area (Å²) in [6.07, 6.45) is 4.97. The van der Waals surface area contributed by atoms with E-state index < -0.39 is 5.95 Å². The summed E-state index contributed by atoms with van der Waals surface area (Å²) in [5, 5.41) is 0.594. The quantitative estimate of drug-likeness (QED) is 0.617. The molecule has 0 unspecified atom stereocenters. The maximum Gasteiger partial charge on any atom is 0.213 e. The molecule has 0 amide bonds. The third-order valence-electron chi connectivity index (χ3n) is 2.07. The van der Waals surface area contributed by atoms with Crippen molar-refractivity contribution in [3.8, 4) is 11.1 Å². The molecule has 76 valence electrons. The van der Waals surface area contributed by atoms with Crippen molar-refractivity contribution in [2.75, 3.05) is 0 Å². The number of rotatable bonds is 2.